The van der Waals surface area contributed by atoms with Gasteiger partial charge in [-0.3, -0.25) is 14.4 Å². The lowest BCUT2D eigenvalue weighted by Crippen LogP contribution is -2.50. The molecule has 2 aliphatic rings. The summed E-state index contributed by atoms with van der Waals surface area (Å²) in [5.41, 5.74) is 8.39. The number of anilines is 1. The van der Waals surface area contributed by atoms with Gasteiger partial charge in [0, 0.05) is 43.3 Å². The lowest BCUT2D eigenvalue weighted by molar-refractivity contribution is -0.122. The first kappa shape index (κ1) is 24.7. The van der Waals surface area contributed by atoms with Crippen molar-refractivity contribution in [2.24, 2.45) is 5.73 Å². The number of nitrogens with two attached hydrogens (primary N) is 1. The van der Waals surface area contributed by atoms with E-state index in [0.717, 1.165) is 24.9 Å². The van der Waals surface area contributed by atoms with E-state index in [0.29, 0.717) is 50.4 Å². The van der Waals surface area contributed by atoms with E-state index in [2.05, 4.69) is 11.4 Å². The second kappa shape index (κ2) is 11.4. The molecule has 1 atom stereocenters. The van der Waals surface area contributed by atoms with Crippen molar-refractivity contribution in [3.63, 3.8) is 0 Å². The van der Waals surface area contributed by atoms with E-state index in [1.165, 1.54) is 5.56 Å². The van der Waals surface area contributed by atoms with E-state index in [9.17, 15) is 14.4 Å². The Kier molecular flexibility index (Phi) is 8.02. The fourth-order valence-electron chi connectivity index (χ4n) is 4.69. The Balaban J connectivity index is 1.25. The predicted octanol–water partition coefficient (Wildman–Crippen LogP) is 2.50. The second-order valence-electron chi connectivity index (χ2n) is 9.22. The molecule has 2 heterocycles. The van der Waals surface area contributed by atoms with Crippen molar-refractivity contribution in [2.45, 2.75) is 51.1 Å². The summed E-state index contributed by atoms with van der Waals surface area (Å²) in [6, 6.07) is 14.9. The van der Waals surface area contributed by atoms with Gasteiger partial charge in [0.2, 0.25) is 11.8 Å². The SMILES string of the molecule is C[C@H](N)C(=O)NCCCOc1ccc(C(=O)N2CCC(N3C(=O)CCc4ccccc43)CC2)cc1. The monoisotopic (exact) mass is 478 g/mol. The Labute approximate surface area is 206 Å². The summed E-state index contributed by atoms with van der Waals surface area (Å²) in [6.45, 7) is 3.85. The lowest BCUT2D eigenvalue weighted by Gasteiger charge is -2.41. The molecule has 8 nitrogen and oxygen atoms in total. The fourth-order valence-corrected chi connectivity index (χ4v) is 4.69. The van der Waals surface area contributed by atoms with Gasteiger partial charge in [-0.05, 0) is 68.5 Å². The molecule has 35 heavy (non-hydrogen) atoms. The van der Waals surface area contributed by atoms with Crippen LogP contribution in [0.15, 0.2) is 48.5 Å². The summed E-state index contributed by atoms with van der Waals surface area (Å²) in [4.78, 5) is 41.0. The van der Waals surface area contributed by atoms with Crippen molar-refractivity contribution < 1.29 is 19.1 Å². The molecule has 0 saturated carbocycles. The zero-order chi connectivity index (χ0) is 24.8. The van der Waals surface area contributed by atoms with E-state index in [4.69, 9.17) is 10.5 Å². The molecule has 1 fully saturated rings. The van der Waals surface area contributed by atoms with E-state index in [1.54, 1.807) is 31.2 Å². The number of carbonyl (C=O) groups excluding carboxylic acids is 3. The van der Waals surface area contributed by atoms with Gasteiger partial charge in [0.05, 0.1) is 12.6 Å². The van der Waals surface area contributed by atoms with Crippen LogP contribution in [-0.4, -0.2) is 60.9 Å². The zero-order valence-electron chi connectivity index (χ0n) is 20.2. The Morgan fingerprint density at radius 2 is 1.80 bits per heavy atom. The van der Waals surface area contributed by atoms with Crippen molar-refractivity contribution >= 4 is 23.4 Å². The van der Waals surface area contributed by atoms with E-state index < -0.39 is 6.04 Å². The van der Waals surface area contributed by atoms with Crippen molar-refractivity contribution in [1.82, 2.24) is 10.2 Å². The van der Waals surface area contributed by atoms with Crippen LogP contribution in [0, 0.1) is 0 Å². The Bertz CT molecular complexity index is 1050. The first-order valence-electron chi connectivity index (χ1n) is 12.4. The Morgan fingerprint density at radius 3 is 2.51 bits per heavy atom. The highest BCUT2D eigenvalue weighted by Gasteiger charge is 2.33. The highest BCUT2D eigenvalue weighted by molar-refractivity contribution is 5.97. The van der Waals surface area contributed by atoms with E-state index >= 15 is 0 Å². The topological polar surface area (TPSA) is 105 Å². The largest absolute Gasteiger partial charge is 0.494 e. The first-order valence-corrected chi connectivity index (χ1v) is 12.4. The number of carbonyl (C=O) groups is 3. The number of fused-ring (bicyclic) bond motifs is 1. The van der Waals surface area contributed by atoms with Crippen molar-refractivity contribution in [3.05, 3.63) is 59.7 Å². The number of piperidine rings is 1. The number of hydrogen-bond donors (Lipinski definition) is 2. The molecule has 0 aliphatic carbocycles. The third-order valence-corrected chi connectivity index (χ3v) is 6.65. The first-order chi connectivity index (χ1) is 16.9. The Morgan fingerprint density at radius 1 is 1.09 bits per heavy atom. The molecular formula is C27H34N4O4. The molecule has 4 rings (SSSR count). The third-order valence-electron chi connectivity index (χ3n) is 6.65. The summed E-state index contributed by atoms with van der Waals surface area (Å²) in [6.07, 6.45) is 3.55. The number of amides is 3. The number of para-hydroxylation sites is 1. The minimum absolute atomic E-state index is 0.000937. The van der Waals surface area contributed by atoms with Gasteiger partial charge in [0.15, 0.2) is 0 Å². The van der Waals surface area contributed by atoms with Gasteiger partial charge in [0.25, 0.3) is 5.91 Å². The van der Waals surface area contributed by atoms with Crippen LogP contribution in [0.25, 0.3) is 0 Å². The number of ether oxygens (including phenoxy) is 1. The van der Waals surface area contributed by atoms with Crippen LogP contribution in [0.3, 0.4) is 0 Å². The molecule has 2 aromatic rings. The quantitative estimate of drug-likeness (QED) is 0.567. The summed E-state index contributed by atoms with van der Waals surface area (Å²) >= 11 is 0. The summed E-state index contributed by atoms with van der Waals surface area (Å²) in [5.74, 6) is 0.685. The van der Waals surface area contributed by atoms with Crippen LogP contribution in [-0.2, 0) is 16.0 Å². The molecule has 186 valence electrons. The van der Waals surface area contributed by atoms with Crippen LogP contribution in [0.2, 0.25) is 0 Å². The second-order valence-corrected chi connectivity index (χ2v) is 9.22. The molecule has 0 bridgehead atoms. The lowest BCUT2D eigenvalue weighted by atomic mass is 9.95. The average Bonchev–Trinajstić information content (AvgIpc) is 2.88. The third kappa shape index (κ3) is 6.00. The van der Waals surface area contributed by atoms with Gasteiger partial charge in [-0.15, -0.1) is 0 Å². The predicted molar refractivity (Wildman–Crippen MR) is 134 cm³/mol. The van der Waals surface area contributed by atoms with Crippen LogP contribution in [0.5, 0.6) is 5.75 Å². The van der Waals surface area contributed by atoms with Crippen molar-refractivity contribution in [1.29, 1.82) is 0 Å². The molecule has 2 aliphatic heterocycles. The van der Waals surface area contributed by atoms with Crippen LogP contribution >= 0.6 is 0 Å². The zero-order valence-corrected chi connectivity index (χ0v) is 20.2. The van der Waals surface area contributed by atoms with Crippen LogP contribution in [0.4, 0.5) is 5.69 Å². The molecule has 3 N–H and O–H groups in total. The maximum absolute atomic E-state index is 13.0. The smallest absolute Gasteiger partial charge is 0.253 e. The van der Waals surface area contributed by atoms with Gasteiger partial charge in [-0.2, -0.15) is 0 Å². The average molecular weight is 479 g/mol. The van der Waals surface area contributed by atoms with E-state index in [1.807, 2.05) is 28.0 Å². The number of rotatable bonds is 8. The Hall–Kier alpha value is -3.39. The van der Waals surface area contributed by atoms with E-state index in [-0.39, 0.29) is 23.8 Å². The van der Waals surface area contributed by atoms with Gasteiger partial charge in [-0.25, -0.2) is 0 Å². The maximum atomic E-state index is 13.0. The van der Waals surface area contributed by atoms with Crippen LogP contribution < -0.4 is 20.7 Å². The molecule has 1 saturated heterocycles. The molecule has 0 aromatic heterocycles. The summed E-state index contributed by atoms with van der Waals surface area (Å²) in [7, 11) is 0. The van der Waals surface area contributed by atoms with Gasteiger partial charge < -0.3 is 25.6 Å². The summed E-state index contributed by atoms with van der Waals surface area (Å²) < 4.78 is 5.70. The molecule has 3 amide bonds. The number of nitrogens with zero attached hydrogens (tertiary/aromatic N) is 2. The minimum atomic E-state index is -0.518. The number of likely N-dealkylation sites (tertiary alicyclic amines) is 1. The number of hydrogen-bond acceptors (Lipinski definition) is 5. The molecule has 8 heteroatoms. The van der Waals surface area contributed by atoms with Crippen LogP contribution in [0.1, 0.15) is 48.5 Å². The molecule has 0 unspecified atom stereocenters. The molecular weight excluding hydrogens is 444 g/mol. The highest BCUT2D eigenvalue weighted by atomic mass is 16.5. The maximum Gasteiger partial charge on any atom is 0.253 e. The van der Waals surface area contributed by atoms with Gasteiger partial charge >= 0.3 is 0 Å². The standard InChI is InChI=1S/C27H34N4O4/c1-19(28)26(33)29-15-4-18-35-23-10-7-21(8-11-23)27(34)30-16-13-22(14-17-30)31-24-6-3-2-5-20(24)9-12-25(31)32/h2-3,5-8,10-11,19,22H,4,9,12-18,28H2,1H3,(H,29,33)/t19-/m0/s1. The normalized spacial score (nSPS) is 17.0. The van der Waals surface area contributed by atoms with Crippen molar-refractivity contribution in [3.8, 4) is 5.75 Å². The van der Waals surface area contributed by atoms with Gasteiger partial charge in [-0.1, -0.05) is 18.2 Å². The highest BCUT2D eigenvalue weighted by Crippen LogP contribution is 2.32. The molecule has 2 aromatic carbocycles. The summed E-state index contributed by atoms with van der Waals surface area (Å²) in [5, 5.41) is 2.74. The minimum Gasteiger partial charge on any atom is -0.494 e. The number of aryl methyl sites for hydroxylation is 1. The van der Waals surface area contributed by atoms with Crippen molar-refractivity contribution in [2.75, 3.05) is 31.1 Å². The molecule has 0 radical (unpaired) electrons. The fraction of sp³-hybridized carbons (Fsp3) is 0.444. The molecule has 0 spiro atoms. The number of nitrogens with one attached hydrogen (secondary N) is 1. The van der Waals surface area contributed by atoms with Gasteiger partial charge in [0.1, 0.15) is 5.75 Å². The number of benzene rings is 2.